The Morgan fingerprint density at radius 3 is 2.44 bits per heavy atom. The number of carbonyl (C=O) groups is 1. The molecule has 2 unspecified atom stereocenters. The smallest absolute Gasteiger partial charge is 0.251 e. The van der Waals surface area contributed by atoms with Gasteiger partial charge in [-0.1, -0.05) is 61.0 Å². The van der Waals surface area contributed by atoms with E-state index >= 15 is 0 Å². The molecule has 216 valence electrons. The number of allylic oxidation sites excluding steroid dienone is 1. The van der Waals surface area contributed by atoms with Crippen molar-refractivity contribution in [2.75, 3.05) is 20.3 Å². The highest BCUT2D eigenvalue weighted by Gasteiger charge is 2.20. The minimum Gasteiger partial charge on any atom is -0.464 e. The van der Waals surface area contributed by atoms with Crippen molar-refractivity contribution in [3.8, 4) is 6.07 Å². The molecule has 7 nitrogen and oxygen atoms in total. The number of nitrogens with one attached hydrogen (secondary N) is 2. The molecule has 0 fully saturated rings. The van der Waals surface area contributed by atoms with Crippen molar-refractivity contribution in [2.24, 2.45) is 0 Å². The number of aryl methyl sites for hydroxylation is 1. The molecular formula is C34H41N3O4. The van der Waals surface area contributed by atoms with Crippen molar-refractivity contribution in [1.29, 1.82) is 5.26 Å². The molecule has 0 aliphatic carbocycles. The predicted octanol–water partition coefficient (Wildman–Crippen LogP) is 5.65. The molecule has 0 aliphatic heterocycles. The van der Waals surface area contributed by atoms with Gasteiger partial charge in [-0.15, -0.1) is 0 Å². The van der Waals surface area contributed by atoms with Crippen LogP contribution in [0.25, 0.3) is 0 Å². The summed E-state index contributed by atoms with van der Waals surface area (Å²) in [5.41, 5.74) is 5.20. The Labute approximate surface area is 243 Å². The van der Waals surface area contributed by atoms with E-state index < -0.39 is 6.04 Å². The zero-order valence-corrected chi connectivity index (χ0v) is 24.6. The average Bonchev–Trinajstić information content (AvgIpc) is 3.47. The minimum absolute atomic E-state index is 0.170. The van der Waals surface area contributed by atoms with Crippen molar-refractivity contribution in [3.05, 3.63) is 118 Å². The van der Waals surface area contributed by atoms with Crippen LogP contribution in [0.4, 0.5) is 0 Å². The molecule has 0 aliphatic rings. The van der Waals surface area contributed by atoms with Crippen LogP contribution >= 0.6 is 0 Å². The zero-order chi connectivity index (χ0) is 29.8. The number of ether oxygens (including phenoxy) is 1. The summed E-state index contributed by atoms with van der Waals surface area (Å²) in [4.78, 5) is 13.5. The van der Waals surface area contributed by atoms with Crippen molar-refractivity contribution < 1.29 is 19.1 Å². The van der Waals surface area contributed by atoms with Crippen LogP contribution in [0.5, 0.6) is 0 Å². The first kappa shape index (κ1) is 31.6. The van der Waals surface area contributed by atoms with E-state index in [-0.39, 0.29) is 24.5 Å². The van der Waals surface area contributed by atoms with E-state index in [0.717, 1.165) is 22.7 Å². The van der Waals surface area contributed by atoms with Crippen LogP contribution in [0.3, 0.4) is 0 Å². The van der Waals surface area contributed by atoms with E-state index in [2.05, 4.69) is 54.8 Å². The quantitative estimate of drug-likeness (QED) is 0.175. The maximum Gasteiger partial charge on any atom is 0.251 e. The number of furan rings is 1. The first-order valence-corrected chi connectivity index (χ1v) is 13.9. The maximum absolute atomic E-state index is 13.5. The molecule has 2 aromatic carbocycles. The van der Waals surface area contributed by atoms with Gasteiger partial charge in [-0.25, -0.2) is 0 Å². The minimum atomic E-state index is -0.485. The zero-order valence-electron chi connectivity index (χ0n) is 24.6. The summed E-state index contributed by atoms with van der Waals surface area (Å²) in [5.74, 6) is 1.12. The summed E-state index contributed by atoms with van der Waals surface area (Å²) in [6, 6.07) is 21.3. The second kappa shape index (κ2) is 15.7. The van der Waals surface area contributed by atoms with Gasteiger partial charge in [0.05, 0.1) is 37.4 Å². The lowest BCUT2D eigenvalue weighted by atomic mass is 9.98. The number of benzene rings is 2. The van der Waals surface area contributed by atoms with Gasteiger partial charge in [-0.05, 0) is 68.2 Å². The molecule has 3 atom stereocenters. The van der Waals surface area contributed by atoms with E-state index in [0.29, 0.717) is 30.7 Å². The molecule has 0 saturated heterocycles. The van der Waals surface area contributed by atoms with Crippen molar-refractivity contribution in [2.45, 2.75) is 58.7 Å². The Morgan fingerprint density at radius 2 is 1.80 bits per heavy atom. The average molecular weight is 556 g/mol. The molecule has 3 N–H and O–H groups in total. The summed E-state index contributed by atoms with van der Waals surface area (Å²) in [6.45, 7) is 8.80. The molecule has 0 saturated carbocycles. The van der Waals surface area contributed by atoms with E-state index in [4.69, 9.17) is 14.4 Å². The third-order valence-corrected chi connectivity index (χ3v) is 7.05. The van der Waals surface area contributed by atoms with Gasteiger partial charge in [-0.3, -0.25) is 4.79 Å². The lowest BCUT2D eigenvalue weighted by Gasteiger charge is -2.19. The summed E-state index contributed by atoms with van der Waals surface area (Å²) in [7, 11) is 1.60. The fraction of sp³-hybridized carbons (Fsp3) is 0.353. The Bertz CT molecular complexity index is 1360. The molecule has 3 rings (SSSR count). The third-order valence-electron chi connectivity index (χ3n) is 7.05. The van der Waals surface area contributed by atoms with Crippen molar-refractivity contribution in [1.82, 2.24) is 10.6 Å². The first-order valence-electron chi connectivity index (χ1n) is 13.9. The molecule has 1 aromatic heterocycles. The van der Waals surface area contributed by atoms with Crippen LogP contribution in [0.15, 0.2) is 88.4 Å². The van der Waals surface area contributed by atoms with Gasteiger partial charge in [0.15, 0.2) is 0 Å². The lowest BCUT2D eigenvalue weighted by Crippen LogP contribution is -2.40. The SMILES string of the molecule is COC/C=C(C)\C(=C/C(C)c1ccc(CNC(C)c2ccc(C)cc2)o1)C(=O)N[C@@H](CO)Cc1ccc(C#N)cc1. The van der Waals surface area contributed by atoms with Crippen LogP contribution in [0.1, 0.15) is 66.5 Å². The van der Waals surface area contributed by atoms with Gasteiger partial charge in [0.1, 0.15) is 11.5 Å². The second-order valence-corrected chi connectivity index (χ2v) is 10.4. The number of amides is 1. The van der Waals surface area contributed by atoms with Crippen LogP contribution < -0.4 is 10.6 Å². The van der Waals surface area contributed by atoms with Crippen molar-refractivity contribution >= 4 is 5.91 Å². The molecular weight excluding hydrogens is 514 g/mol. The number of hydrogen-bond acceptors (Lipinski definition) is 6. The highest BCUT2D eigenvalue weighted by Crippen LogP contribution is 2.24. The number of nitrogens with zero attached hydrogens (tertiary/aromatic N) is 1. The number of nitriles is 1. The normalized spacial score (nSPS) is 14.3. The van der Waals surface area contributed by atoms with Gasteiger partial charge in [0.25, 0.3) is 5.91 Å². The summed E-state index contributed by atoms with van der Waals surface area (Å²) < 4.78 is 11.3. The van der Waals surface area contributed by atoms with Crippen molar-refractivity contribution in [3.63, 3.8) is 0 Å². The first-order chi connectivity index (χ1) is 19.7. The Morgan fingerprint density at radius 1 is 1.10 bits per heavy atom. The number of aliphatic hydroxyl groups excluding tert-OH is 1. The molecule has 1 amide bonds. The van der Waals surface area contributed by atoms with Gasteiger partial charge in [0, 0.05) is 24.6 Å². The van der Waals surface area contributed by atoms with Gasteiger partial charge >= 0.3 is 0 Å². The largest absolute Gasteiger partial charge is 0.464 e. The summed E-state index contributed by atoms with van der Waals surface area (Å²) >= 11 is 0. The van der Waals surface area contributed by atoms with E-state index in [9.17, 15) is 9.90 Å². The van der Waals surface area contributed by atoms with E-state index in [1.807, 2.05) is 50.3 Å². The molecule has 0 bridgehead atoms. The van der Waals surface area contributed by atoms with Crippen LogP contribution in [0, 0.1) is 18.3 Å². The van der Waals surface area contributed by atoms with E-state index in [1.165, 1.54) is 11.1 Å². The summed E-state index contributed by atoms with van der Waals surface area (Å²) in [6.07, 6.45) is 4.18. The highest BCUT2D eigenvalue weighted by atomic mass is 16.5. The van der Waals surface area contributed by atoms with Crippen LogP contribution in [-0.4, -0.2) is 37.4 Å². The molecule has 0 spiro atoms. The Hall–Kier alpha value is -3.96. The molecule has 7 heteroatoms. The molecule has 1 heterocycles. The second-order valence-electron chi connectivity index (χ2n) is 10.4. The summed E-state index contributed by atoms with van der Waals surface area (Å²) in [5, 5.41) is 25.5. The van der Waals surface area contributed by atoms with Crippen LogP contribution in [-0.2, 0) is 22.5 Å². The number of hydrogen-bond donors (Lipinski definition) is 3. The van der Waals surface area contributed by atoms with Crippen LogP contribution in [0.2, 0.25) is 0 Å². The Kier molecular flexibility index (Phi) is 12.1. The predicted molar refractivity (Wildman–Crippen MR) is 161 cm³/mol. The van der Waals surface area contributed by atoms with Gasteiger partial charge in [0.2, 0.25) is 0 Å². The fourth-order valence-corrected chi connectivity index (χ4v) is 4.42. The maximum atomic E-state index is 13.5. The third kappa shape index (κ3) is 9.58. The Balaban J connectivity index is 1.71. The van der Waals surface area contributed by atoms with E-state index in [1.54, 1.807) is 19.2 Å². The molecule has 3 aromatic rings. The lowest BCUT2D eigenvalue weighted by molar-refractivity contribution is -0.118. The highest BCUT2D eigenvalue weighted by molar-refractivity contribution is 5.98. The molecule has 0 radical (unpaired) electrons. The number of aliphatic hydroxyl groups is 1. The van der Waals surface area contributed by atoms with Gasteiger partial charge < -0.3 is 24.9 Å². The number of carbonyl (C=O) groups excluding carboxylic acids is 1. The number of methoxy groups -OCH3 is 1. The topological polar surface area (TPSA) is 108 Å². The number of rotatable bonds is 14. The molecule has 41 heavy (non-hydrogen) atoms. The fourth-order valence-electron chi connectivity index (χ4n) is 4.42. The monoisotopic (exact) mass is 555 g/mol. The standard InChI is InChI=1S/C34H41N3O4/c1-23-6-12-29(13-7-23)26(4)36-21-31-14-15-33(41-31)25(3)18-32(24(2)16-17-40-5)34(39)37-30(22-38)19-27-8-10-28(20-35)11-9-27/h6-16,18,25-26,30,36,38H,17,19,21-22H2,1-5H3,(H,37,39)/b24-16-,32-18+/t25?,26?,30-/m1/s1. The van der Waals surface area contributed by atoms with Gasteiger partial charge in [-0.2, -0.15) is 5.26 Å².